The fraction of sp³-hybridized carbons (Fsp3) is 1.00. The van der Waals surface area contributed by atoms with Crippen LogP contribution in [0.25, 0.3) is 0 Å². The SMILES string of the molecule is FC(F)(F)OC1CN=NC1. The maximum Gasteiger partial charge on any atom is 0.522 e. The highest BCUT2D eigenvalue weighted by atomic mass is 19.4. The summed E-state index contributed by atoms with van der Waals surface area (Å²) in [7, 11) is 0. The number of rotatable bonds is 1. The first-order chi connectivity index (χ1) is 4.58. The summed E-state index contributed by atoms with van der Waals surface area (Å²) in [6, 6.07) is 0. The molecular formula is C4H5F3N2O. The normalized spacial score (nSPS) is 20.3. The van der Waals surface area contributed by atoms with Crippen molar-refractivity contribution in [2.24, 2.45) is 10.2 Å². The number of hydrogen-bond acceptors (Lipinski definition) is 3. The third-order valence-corrected chi connectivity index (χ3v) is 0.971. The molecule has 10 heavy (non-hydrogen) atoms. The van der Waals surface area contributed by atoms with E-state index in [9.17, 15) is 13.2 Å². The van der Waals surface area contributed by atoms with E-state index in [2.05, 4.69) is 15.0 Å². The summed E-state index contributed by atoms with van der Waals surface area (Å²) in [5, 5.41) is 6.70. The van der Waals surface area contributed by atoms with Crippen LogP contribution in [-0.2, 0) is 4.74 Å². The third kappa shape index (κ3) is 2.30. The molecule has 0 aromatic carbocycles. The van der Waals surface area contributed by atoms with Crippen LogP contribution in [0.5, 0.6) is 0 Å². The van der Waals surface area contributed by atoms with Crippen molar-refractivity contribution in [3.63, 3.8) is 0 Å². The molecule has 0 aromatic rings. The lowest BCUT2D eigenvalue weighted by Gasteiger charge is -2.10. The van der Waals surface area contributed by atoms with E-state index in [-0.39, 0.29) is 13.1 Å². The average molecular weight is 154 g/mol. The summed E-state index contributed by atoms with van der Waals surface area (Å²) in [5.74, 6) is 0. The van der Waals surface area contributed by atoms with Gasteiger partial charge in [-0.2, -0.15) is 10.2 Å². The number of azo groups is 1. The minimum Gasteiger partial charge on any atom is -0.285 e. The van der Waals surface area contributed by atoms with E-state index in [0.29, 0.717) is 0 Å². The summed E-state index contributed by atoms with van der Waals surface area (Å²) in [5.41, 5.74) is 0. The maximum atomic E-state index is 11.4. The molecule has 0 saturated carbocycles. The molecule has 0 spiro atoms. The van der Waals surface area contributed by atoms with Crippen molar-refractivity contribution in [3.05, 3.63) is 0 Å². The molecule has 0 N–H and O–H groups in total. The van der Waals surface area contributed by atoms with Crippen molar-refractivity contribution >= 4 is 0 Å². The lowest BCUT2D eigenvalue weighted by molar-refractivity contribution is -0.338. The van der Waals surface area contributed by atoms with Gasteiger partial charge in [0.25, 0.3) is 0 Å². The first kappa shape index (κ1) is 7.46. The Morgan fingerprint density at radius 3 is 2.10 bits per heavy atom. The number of alkyl halides is 3. The highest BCUT2D eigenvalue weighted by Crippen LogP contribution is 2.20. The molecule has 0 amide bonds. The molecule has 0 atom stereocenters. The largest absolute Gasteiger partial charge is 0.522 e. The van der Waals surface area contributed by atoms with Crippen LogP contribution in [0.15, 0.2) is 10.2 Å². The van der Waals surface area contributed by atoms with Crippen molar-refractivity contribution in [3.8, 4) is 0 Å². The average Bonchev–Trinajstić information content (AvgIpc) is 2.12. The van der Waals surface area contributed by atoms with Gasteiger partial charge < -0.3 is 0 Å². The number of hydrogen-bond donors (Lipinski definition) is 0. The third-order valence-electron chi connectivity index (χ3n) is 0.971. The molecule has 0 aromatic heterocycles. The predicted molar refractivity (Wildman–Crippen MR) is 25.5 cm³/mol. The Morgan fingerprint density at radius 2 is 1.70 bits per heavy atom. The van der Waals surface area contributed by atoms with Crippen LogP contribution >= 0.6 is 0 Å². The van der Waals surface area contributed by atoms with Gasteiger partial charge in [-0.15, -0.1) is 13.2 Å². The van der Waals surface area contributed by atoms with Gasteiger partial charge in [0.2, 0.25) is 0 Å². The van der Waals surface area contributed by atoms with Crippen molar-refractivity contribution in [1.29, 1.82) is 0 Å². The second kappa shape index (κ2) is 2.53. The van der Waals surface area contributed by atoms with Crippen LogP contribution in [0.1, 0.15) is 0 Å². The summed E-state index contributed by atoms with van der Waals surface area (Å²) in [6.07, 6.45) is -5.46. The molecule has 1 rings (SSSR count). The zero-order valence-electron chi connectivity index (χ0n) is 4.93. The molecule has 0 aliphatic carbocycles. The van der Waals surface area contributed by atoms with Gasteiger partial charge in [0.05, 0.1) is 13.1 Å². The summed E-state index contributed by atoms with van der Waals surface area (Å²) in [6.45, 7) is 0.0268. The summed E-state index contributed by atoms with van der Waals surface area (Å²) < 4.78 is 37.8. The molecule has 0 bridgehead atoms. The van der Waals surface area contributed by atoms with Crippen LogP contribution in [0.3, 0.4) is 0 Å². The van der Waals surface area contributed by atoms with E-state index in [1.54, 1.807) is 0 Å². The van der Waals surface area contributed by atoms with Crippen LogP contribution in [-0.4, -0.2) is 25.6 Å². The molecule has 0 radical (unpaired) electrons. The molecule has 1 aliphatic heterocycles. The van der Waals surface area contributed by atoms with Crippen molar-refractivity contribution in [1.82, 2.24) is 0 Å². The Kier molecular flexibility index (Phi) is 1.89. The van der Waals surface area contributed by atoms with Gasteiger partial charge in [-0.1, -0.05) is 0 Å². The van der Waals surface area contributed by atoms with Crippen molar-refractivity contribution in [2.45, 2.75) is 12.5 Å². The predicted octanol–water partition coefficient (Wildman–Crippen LogP) is 1.36. The van der Waals surface area contributed by atoms with E-state index in [1.165, 1.54) is 0 Å². The van der Waals surface area contributed by atoms with Gasteiger partial charge in [-0.3, -0.25) is 4.74 Å². The van der Waals surface area contributed by atoms with Gasteiger partial charge in [0.1, 0.15) is 6.10 Å². The zero-order valence-corrected chi connectivity index (χ0v) is 4.93. The molecule has 1 aliphatic rings. The van der Waals surface area contributed by atoms with E-state index < -0.39 is 12.5 Å². The fourth-order valence-electron chi connectivity index (χ4n) is 0.619. The first-order valence-electron chi connectivity index (χ1n) is 2.66. The Bertz CT molecular complexity index is 136. The number of ether oxygens (including phenoxy) is 1. The maximum absolute atomic E-state index is 11.4. The quantitative estimate of drug-likeness (QED) is 0.561. The molecule has 6 heteroatoms. The number of nitrogens with zero attached hydrogens (tertiary/aromatic N) is 2. The molecule has 0 unspecified atom stereocenters. The van der Waals surface area contributed by atoms with Crippen LogP contribution in [0, 0.1) is 0 Å². The number of halogens is 3. The Balaban J connectivity index is 2.26. The Labute approximate surface area is 54.9 Å². The molecule has 58 valence electrons. The van der Waals surface area contributed by atoms with Crippen LogP contribution < -0.4 is 0 Å². The minimum absolute atomic E-state index is 0.0134. The lowest BCUT2D eigenvalue weighted by atomic mass is 10.4. The zero-order chi connectivity index (χ0) is 7.61. The van der Waals surface area contributed by atoms with Gasteiger partial charge in [0.15, 0.2) is 0 Å². The first-order valence-corrected chi connectivity index (χ1v) is 2.66. The second-order valence-corrected chi connectivity index (χ2v) is 1.83. The molecular weight excluding hydrogens is 149 g/mol. The molecule has 0 saturated heterocycles. The standard InChI is InChI=1S/C4H5F3N2O/c5-4(6,7)10-3-1-8-9-2-3/h3H,1-2H2. The lowest BCUT2D eigenvalue weighted by Crippen LogP contribution is -2.25. The van der Waals surface area contributed by atoms with Crippen molar-refractivity contribution < 1.29 is 17.9 Å². The Hall–Kier alpha value is -0.650. The topological polar surface area (TPSA) is 34.0 Å². The highest BCUT2D eigenvalue weighted by molar-refractivity contribution is 4.68. The van der Waals surface area contributed by atoms with Gasteiger partial charge >= 0.3 is 6.36 Å². The fourth-order valence-corrected chi connectivity index (χ4v) is 0.619. The van der Waals surface area contributed by atoms with E-state index in [0.717, 1.165) is 0 Å². The van der Waals surface area contributed by atoms with Gasteiger partial charge in [-0.25, -0.2) is 0 Å². The van der Waals surface area contributed by atoms with E-state index in [1.807, 2.05) is 0 Å². The molecule has 3 nitrogen and oxygen atoms in total. The van der Waals surface area contributed by atoms with Gasteiger partial charge in [-0.05, 0) is 0 Å². The second-order valence-electron chi connectivity index (χ2n) is 1.83. The van der Waals surface area contributed by atoms with Crippen LogP contribution in [0.4, 0.5) is 13.2 Å². The highest BCUT2D eigenvalue weighted by Gasteiger charge is 2.34. The van der Waals surface area contributed by atoms with E-state index >= 15 is 0 Å². The molecule has 0 fully saturated rings. The smallest absolute Gasteiger partial charge is 0.285 e. The molecule has 1 heterocycles. The summed E-state index contributed by atoms with van der Waals surface area (Å²) in [4.78, 5) is 0. The monoisotopic (exact) mass is 154 g/mol. The summed E-state index contributed by atoms with van der Waals surface area (Å²) >= 11 is 0. The van der Waals surface area contributed by atoms with Crippen LogP contribution in [0.2, 0.25) is 0 Å². The van der Waals surface area contributed by atoms with Gasteiger partial charge in [0, 0.05) is 0 Å². The van der Waals surface area contributed by atoms with E-state index in [4.69, 9.17) is 0 Å². The minimum atomic E-state index is -4.56. The van der Waals surface area contributed by atoms with Crippen molar-refractivity contribution in [2.75, 3.05) is 13.1 Å². The Morgan fingerprint density at radius 1 is 1.20 bits per heavy atom.